The van der Waals surface area contributed by atoms with Gasteiger partial charge < -0.3 is 20.5 Å². The van der Waals surface area contributed by atoms with Crippen molar-refractivity contribution in [3.05, 3.63) is 29.8 Å². The average Bonchev–Trinajstić information content (AvgIpc) is 2.38. The molecule has 1 saturated heterocycles. The number of methoxy groups -OCH3 is 1. The third-order valence-corrected chi connectivity index (χ3v) is 3.22. The van der Waals surface area contributed by atoms with Crippen LogP contribution < -0.4 is 11.1 Å². The summed E-state index contributed by atoms with van der Waals surface area (Å²) in [5, 5.41) is 3.31. The Morgan fingerprint density at radius 2 is 2.11 bits per heavy atom. The number of hydrogen-bond acceptors (Lipinski definition) is 5. The van der Waals surface area contributed by atoms with Crippen molar-refractivity contribution in [1.82, 2.24) is 0 Å². The van der Waals surface area contributed by atoms with E-state index in [1.807, 2.05) is 12.1 Å². The zero-order valence-electron chi connectivity index (χ0n) is 10.4. The first-order valence-electron chi connectivity index (χ1n) is 5.89. The van der Waals surface area contributed by atoms with E-state index in [2.05, 4.69) is 10.1 Å². The number of esters is 1. The molecule has 98 valence electrons. The van der Waals surface area contributed by atoms with E-state index in [1.54, 1.807) is 12.1 Å². The molecule has 3 N–H and O–H groups in total. The Balaban J connectivity index is 1.92. The number of ether oxygens (including phenoxy) is 2. The number of rotatable bonds is 5. The highest BCUT2D eigenvalue weighted by Crippen LogP contribution is 2.26. The lowest BCUT2D eigenvalue weighted by molar-refractivity contribution is -0.0979. The lowest BCUT2D eigenvalue weighted by Gasteiger charge is -2.40. The fourth-order valence-corrected chi connectivity index (χ4v) is 1.81. The quantitative estimate of drug-likeness (QED) is 0.758. The third-order valence-electron chi connectivity index (χ3n) is 3.22. The lowest BCUT2D eigenvalue weighted by atomic mass is 9.86. The van der Waals surface area contributed by atoms with Gasteiger partial charge in [-0.1, -0.05) is 0 Å². The number of hydrogen-bond donors (Lipinski definition) is 2. The van der Waals surface area contributed by atoms with E-state index in [1.165, 1.54) is 7.11 Å². The van der Waals surface area contributed by atoms with E-state index in [4.69, 9.17) is 10.5 Å². The summed E-state index contributed by atoms with van der Waals surface area (Å²) in [5.41, 5.74) is 7.30. The van der Waals surface area contributed by atoms with Crippen LogP contribution in [0, 0.1) is 5.41 Å². The Bertz CT molecular complexity index is 407. The third kappa shape index (κ3) is 2.63. The summed E-state index contributed by atoms with van der Waals surface area (Å²) < 4.78 is 9.84. The summed E-state index contributed by atoms with van der Waals surface area (Å²) in [6.45, 7) is 2.80. The van der Waals surface area contributed by atoms with E-state index in [0.717, 1.165) is 12.2 Å². The molecule has 5 nitrogen and oxygen atoms in total. The number of nitrogens with one attached hydrogen (secondary N) is 1. The zero-order valence-corrected chi connectivity index (χ0v) is 10.4. The number of benzene rings is 1. The first-order valence-corrected chi connectivity index (χ1v) is 5.89. The van der Waals surface area contributed by atoms with E-state index < -0.39 is 0 Å². The number of carbonyl (C=O) groups excluding carboxylic acids is 1. The first-order chi connectivity index (χ1) is 8.69. The molecule has 0 aromatic heterocycles. The van der Waals surface area contributed by atoms with Crippen LogP contribution in [0.25, 0.3) is 0 Å². The van der Waals surface area contributed by atoms with Crippen LogP contribution in [0.1, 0.15) is 10.4 Å². The Hall–Kier alpha value is -1.59. The maximum atomic E-state index is 11.3. The minimum atomic E-state index is -0.327. The van der Waals surface area contributed by atoms with Crippen LogP contribution in [-0.2, 0) is 9.47 Å². The molecule has 1 aromatic rings. The van der Waals surface area contributed by atoms with Gasteiger partial charge in [0.1, 0.15) is 0 Å². The average molecular weight is 250 g/mol. The normalized spacial score (nSPS) is 16.8. The van der Waals surface area contributed by atoms with E-state index in [-0.39, 0.29) is 11.4 Å². The Kier molecular flexibility index (Phi) is 3.84. The van der Waals surface area contributed by atoms with Gasteiger partial charge in [0.2, 0.25) is 0 Å². The van der Waals surface area contributed by atoms with E-state index >= 15 is 0 Å². The molecule has 0 saturated carbocycles. The minimum absolute atomic E-state index is 0.0566. The number of nitrogens with two attached hydrogens (primary N) is 1. The standard InChI is InChI=1S/C13H18N2O3/c1-17-12(16)10-2-4-11(5-3-10)15-7-13(6-14)8-18-9-13/h2-5,15H,6-9,14H2,1H3. The fourth-order valence-electron chi connectivity index (χ4n) is 1.81. The van der Waals surface area contributed by atoms with Gasteiger partial charge in [-0.15, -0.1) is 0 Å². The largest absolute Gasteiger partial charge is 0.465 e. The van der Waals surface area contributed by atoms with Gasteiger partial charge in [0, 0.05) is 24.2 Å². The highest BCUT2D eigenvalue weighted by atomic mass is 16.5. The van der Waals surface area contributed by atoms with Crippen molar-refractivity contribution in [3.8, 4) is 0 Å². The monoisotopic (exact) mass is 250 g/mol. The number of carbonyl (C=O) groups is 1. The Morgan fingerprint density at radius 1 is 1.44 bits per heavy atom. The predicted molar refractivity (Wildman–Crippen MR) is 68.6 cm³/mol. The van der Waals surface area contributed by atoms with Crippen molar-refractivity contribution in [3.63, 3.8) is 0 Å². The van der Waals surface area contributed by atoms with E-state index in [9.17, 15) is 4.79 Å². The second-order valence-electron chi connectivity index (χ2n) is 4.62. The van der Waals surface area contributed by atoms with Crippen LogP contribution in [0.15, 0.2) is 24.3 Å². The lowest BCUT2D eigenvalue weighted by Crippen LogP contribution is -2.52. The Morgan fingerprint density at radius 3 is 2.56 bits per heavy atom. The summed E-state index contributed by atoms with van der Waals surface area (Å²) in [5.74, 6) is -0.327. The molecule has 0 bridgehead atoms. The molecule has 5 heteroatoms. The van der Waals surface area contributed by atoms with E-state index in [0.29, 0.717) is 25.3 Å². The molecule has 0 aliphatic carbocycles. The second kappa shape index (κ2) is 5.37. The highest BCUT2D eigenvalue weighted by molar-refractivity contribution is 5.89. The van der Waals surface area contributed by atoms with Gasteiger partial charge in [0.25, 0.3) is 0 Å². The summed E-state index contributed by atoms with van der Waals surface area (Å²) in [6, 6.07) is 7.19. The van der Waals surface area contributed by atoms with Gasteiger partial charge in [-0.3, -0.25) is 0 Å². The predicted octanol–water partition coefficient (Wildman–Crippen LogP) is 0.860. The maximum absolute atomic E-state index is 11.3. The van der Waals surface area contributed by atoms with Crippen molar-refractivity contribution >= 4 is 11.7 Å². The molecular weight excluding hydrogens is 232 g/mol. The molecule has 18 heavy (non-hydrogen) atoms. The van der Waals surface area contributed by atoms with Crippen molar-refractivity contribution < 1.29 is 14.3 Å². The van der Waals surface area contributed by atoms with Crippen LogP contribution >= 0.6 is 0 Å². The molecule has 1 aliphatic heterocycles. The SMILES string of the molecule is COC(=O)c1ccc(NCC2(CN)COC2)cc1. The molecule has 1 heterocycles. The molecular formula is C13H18N2O3. The van der Waals surface area contributed by atoms with Crippen molar-refractivity contribution in [2.24, 2.45) is 11.1 Å². The molecule has 1 aromatic carbocycles. The van der Waals surface area contributed by atoms with Gasteiger partial charge >= 0.3 is 5.97 Å². The molecule has 0 amide bonds. The van der Waals surface area contributed by atoms with Gasteiger partial charge in [-0.2, -0.15) is 0 Å². The first kappa shape index (κ1) is 12.9. The van der Waals surface area contributed by atoms with Crippen LogP contribution in [0.2, 0.25) is 0 Å². The van der Waals surface area contributed by atoms with Crippen LogP contribution in [0.5, 0.6) is 0 Å². The van der Waals surface area contributed by atoms with Crippen LogP contribution in [-0.4, -0.2) is 39.4 Å². The van der Waals surface area contributed by atoms with Crippen LogP contribution in [0.3, 0.4) is 0 Å². The van der Waals surface area contributed by atoms with Crippen LogP contribution in [0.4, 0.5) is 5.69 Å². The summed E-state index contributed by atoms with van der Waals surface area (Å²) in [6.07, 6.45) is 0. The topological polar surface area (TPSA) is 73.6 Å². The number of anilines is 1. The molecule has 2 rings (SSSR count). The summed E-state index contributed by atoms with van der Waals surface area (Å²) >= 11 is 0. The smallest absolute Gasteiger partial charge is 0.337 e. The summed E-state index contributed by atoms with van der Waals surface area (Å²) in [7, 11) is 1.37. The van der Waals surface area contributed by atoms with Gasteiger partial charge in [0.15, 0.2) is 0 Å². The van der Waals surface area contributed by atoms with Gasteiger partial charge in [-0.25, -0.2) is 4.79 Å². The van der Waals surface area contributed by atoms with Crippen molar-refractivity contribution in [2.75, 3.05) is 38.7 Å². The van der Waals surface area contributed by atoms with Crippen molar-refractivity contribution in [2.45, 2.75) is 0 Å². The molecule has 0 atom stereocenters. The van der Waals surface area contributed by atoms with Gasteiger partial charge in [0.05, 0.1) is 25.9 Å². The molecule has 1 aliphatic rings. The second-order valence-corrected chi connectivity index (χ2v) is 4.62. The molecule has 0 unspecified atom stereocenters. The van der Waals surface area contributed by atoms with Gasteiger partial charge in [-0.05, 0) is 24.3 Å². The molecule has 1 fully saturated rings. The maximum Gasteiger partial charge on any atom is 0.337 e. The van der Waals surface area contributed by atoms with Crippen molar-refractivity contribution in [1.29, 1.82) is 0 Å². The Labute approximate surface area is 106 Å². The summed E-state index contributed by atoms with van der Waals surface area (Å²) in [4.78, 5) is 11.3. The molecule has 0 radical (unpaired) electrons. The fraction of sp³-hybridized carbons (Fsp3) is 0.462. The minimum Gasteiger partial charge on any atom is -0.465 e. The zero-order chi connectivity index (χ0) is 13.0. The molecule has 0 spiro atoms. The highest BCUT2D eigenvalue weighted by Gasteiger charge is 2.36.